The number of hydrogen-bond acceptors (Lipinski definition) is 4. The molecule has 0 aliphatic heterocycles. The lowest BCUT2D eigenvalue weighted by Crippen LogP contribution is -2.24. The van der Waals surface area contributed by atoms with Gasteiger partial charge in [-0.3, -0.25) is 9.48 Å². The largest absolute Gasteiger partial charge is 0.477 e. The number of carboxylic acid groups (broad SMARTS) is 1. The van der Waals surface area contributed by atoms with Crippen LogP contribution in [0.3, 0.4) is 0 Å². The number of carbonyl (C=O) groups is 2. The third kappa shape index (κ3) is 2.65. The Labute approximate surface area is 113 Å². The number of aryl methyl sites for hydroxylation is 1. The Morgan fingerprint density at radius 3 is 2.84 bits per heavy atom. The lowest BCUT2D eigenvalue weighted by atomic mass is 10.2. The van der Waals surface area contributed by atoms with Crippen LogP contribution in [0.1, 0.15) is 28.2 Å². The van der Waals surface area contributed by atoms with Crippen molar-refractivity contribution in [2.45, 2.75) is 19.9 Å². The summed E-state index contributed by atoms with van der Waals surface area (Å²) >= 11 is 1.10. The number of aromatic carboxylic acids is 1. The van der Waals surface area contributed by atoms with E-state index >= 15 is 0 Å². The second-order valence-corrected chi connectivity index (χ2v) is 4.96. The number of rotatable bonds is 4. The van der Waals surface area contributed by atoms with Crippen LogP contribution in [-0.2, 0) is 4.79 Å². The highest BCUT2D eigenvalue weighted by molar-refractivity contribution is 7.12. The van der Waals surface area contributed by atoms with Gasteiger partial charge in [-0.2, -0.15) is 5.10 Å². The first-order valence-corrected chi connectivity index (χ1v) is 6.50. The molecule has 0 spiro atoms. The molecular formula is C12H13N3O3S. The number of hydrogen-bond donors (Lipinski definition) is 2. The Morgan fingerprint density at radius 1 is 1.53 bits per heavy atom. The molecule has 7 heteroatoms. The van der Waals surface area contributed by atoms with E-state index in [9.17, 15) is 9.59 Å². The average Bonchev–Trinajstić information content (AvgIpc) is 2.99. The highest BCUT2D eigenvalue weighted by Gasteiger charge is 2.21. The predicted molar refractivity (Wildman–Crippen MR) is 71.6 cm³/mol. The molecule has 2 heterocycles. The summed E-state index contributed by atoms with van der Waals surface area (Å²) in [7, 11) is 0. The van der Waals surface area contributed by atoms with Gasteiger partial charge in [0.2, 0.25) is 5.91 Å². The van der Waals surface area contributed by atoms with Crippen molar-refractivity contribution < 1.29 is 14.7 Å². The number of nitrogens with one attached hydrogen (secondary N) is 1. The summed E-state index contributed by atoms with van der Waals surface area (Å²) in [5.41, 5.74) is 1.10. The van der Waals surface area contributed by atoms with Crippen LogP contribution in [0, 0.1) is 6.92 Å². The van der Waals surface area contributed by atoms with E-state index in [1.807, 2.05) is 0 Å². The van der Waals surface area contributed by atoms with E-state index in [0.29, 0.717) is 5.69 Å². The minimum atomic E-state index is -1.04. The first-order valence-electron chi connectivity index (χ1n) is 5.62. The molecule has 2 N–H and O–H groups in total. The molecule has 1 unspecified atom stereocenters. The molecule has 1 atom stereocenters. The van der Waals surface area contributed by atoms with Crippen LogP contribution in [0.25, 0.3) is 0 Å². The standard InChI is InChI=1S/C12H13N3O3S/c1-7-6-19-10(12(17)18)9(7)14-11(16)8(2)15-5-3-4-13-15/h3-6,8H,1-2H3,(H,14,16)(H,17,18). The zero-order chi connectivity index (χ0) is 14.0. The molecule has 0 aromatic carbocycles. The summed E-state index contributed by atoms with van der Waals surface area (Å²) in [5.74, 6) is -1.34. The summed E-state index contributed by atoms with van der Waals surface area (Å²) in [5, 5.41) is 17.4. The summed E-state index contributed by atoms with van der Waals surface area (Å²) in [6.45, 7) is 3.46. The van der Waals surface area contributed by atoms with Crippen molar-refractivity contribution in [1.82, 2.24) is 9.78 Å². The number of nitrogens with zero attached hydrogens (tertiary/aromatic N) is 2. The molecule has 19 heavy (non-hydrogen) atoms. The number of amides is 1. The third-order valence-corrected chi connectivity index (χ3v) is 3.80. The number of thiophene rings is 1. The summed E-state index contributed by atoms with van der Waals surface area (Å²) in [6, 6.07) is 1.22. The molecule has 0 bridgehead atoms. The predicted octanol–water partition coefficient (Wildman–Crippen LogP) is 2.15. The van der Waals surface area contributed by atoms with Crippen molar-refractivity contribution in [3.63, 3.8) is 0 Å². The molecule has 0 aliphatic rings. The molecule has 1 amide bonds. The molecule has 0 aliphatic carbocycles. The van der Waals surface area contributed by atoms with E-state index in [0.717, 1.165) is 16.9 Å². The SMILES string of the molecule is Cc1csc(C(=O)O)c1NC(=O)C(C)n1cccn1. The maximum absolute atomic E-state index is 12.1. The molecule has 2 rings (SSSR count). The highest BCUT2D eigenvalue weighted by atomic mass is 32.1. The first-order chi connectivity index (χ1) is 9.00. The number of carbonyl (C=O) groups excluding carboxylic acids is 1. The van der Waals surface area contributed by atoms with Gasteiger partial charge in [-0.05, 0) is 30.9 Å². The van der Waals surface area contributed by atoms with Crippen LogP contribution >= 0.6 is 11.3 Å². The second-order valence-electron chi connectivity index (χ2n) is 4.08. The molecule has 2 aromatic rings. The van der Waals surface area contributed by atoms with Gasteiger partial charge in [0.05, 0.1) is 5.69 Å². The third-order valence-electron chi connectivity index (χ3n) is 2.72. The lowest BCUT2D eigenvalue weighted by Gasteiger charge is -2.13. The fraction of sp³-hybridized carbons (Fsp3) is 0.250. The summed E-state index contributed by atoms with van der Waals surface area (Å²) < 4.78 is 1.51. The van der Waals surface area contributed by atoms with Crippen LogP contribution < -0.4 is 5.32 Å². The highest BCUT2D eigenvalue weighted by Crippen LogP contribution is 2.28. The molecule has 6 nitrogen and oxygen atoms in total. The van der Waals surface area contributed by atoms with Gasteiger partial charge >= 0.3 is 5.97 Å². The number of anilines is 1. The number of aromatic nitrogens is 2. The van der Waals surface area contributed by atoms with Gasteiger partial charge < -0.3 is 10.4 Å². The molecule has 0 radical (unpaired) electrons. The first kappa shape index (κ1) is 13.3. The smallest absolute Gasteiger partial charge is 0.348 e. The minimum Gasteiger partial charge on any atom is -0.477 e. The van der Waals surface area contributed by atoms with E-state index in [4.69, 9.17) is 5.11 Å². The maximum atomic E-state index is 12.1. The van der Waals surface area contributed by atoms with Crippen LogP contribution in [0.5, 0.6) is 0 Å². The van der Waals surface area contributed by atoms with E-state index < -0.39 is 12.0 Å². The van der Waals surface area contributed by atoms with E-state index in [2.05, 4.69) is 10.4 Å². The molecule has 2 aromatic heterocycles. The summed E-state index contributed by atoms with van der Waals surface area (Å²) in [4.78, 5) is 23.3. The summed E-state index contributed by atoms with van der Waals surface area (Å²) in [6.07, 6.45) is 3.27. The van der Waals surface area contributed by atoms with Crippen molar-refractivity contribution in [2.24, 2.45) is 0 Å². The number of carboxylic acids is 1. The van der Waals surface area contributed by atoms with Gasteiger partial charge in [0.15, 0.2) is 0 Å². The minimum absolute atomic E-state index is 0.138. The van der Waals surface area contributed by atoms with Crippen LogP contribution in [0.4, 0.5) is 5.69 Å². The Hall–Kier alpha value is -2.15. The molecule has 0 saturated carbocycles. The Morgan fingerprint density at radius 2 is 2.26 bits per heavy atom. The molecular weight excluding hydrogens is 266 g/mol. The van der Waals surface area contributed by atoms with Crippen LogP contribution in [-0.4, -0.2) is 26.8 Å². The van der Waals surface area contributed by atoms with Crippen molar-refractivity contribution in [1.29, 1.82) is 0 Å². The van der Waals surface area contributed by atoms with Gasteiger partial charge in [0.25, 0.3) is 0 Å². The maximum Gasteiger partial charge on any atom is 0.348 e. The van der Waals surface area contributed by atoms with Gasteiger partial charge in [-0.25, -0.2) is 4.79 Å². The van der Waals surface area contributed by atoms with Gasteiger partial charge in [-0.15, -0.1) is 11.3 Å². The Balaban J connectivity index is 2.20. The van der Waals surface area contributed by atoms with E-state index in [1.165, 1.54) is 4.68 Å². The van der Waals surface area contributed by atoms with Gasteiger partial charge in [0, 0.05) is 12.4 Å². The Bertz CT molecular complexity index is 604. The van der Waals surface area contributed by atoms with Crippen molar-refractivity contribution in [2.75, 3.05) is 5.32 Å². The molecule has 0 saturated heterocycles. The van der Waals surface area contributed by atoms with Gasteiger partial charge in [0.1, 0.15) is 10.9 Å². The van der Waals surface area contributed by atoms with Crippen molar-refractivity contribution >= 4 is 28.9 Å². The van der Waals surface area contributed by atoms with E-state index in [-0.39, 0.29) is 10.8 Å². The molecule has 100 valence electrons. The topological polar surface area (TPSA) is 84.2 Å². The normalized spacial score (nSPS) is 12.1. The zero-order valence-corrected chi connectivity index (χ0v) is 11.3. The fourth-order valence-corrected chi connectivity index (χ4v) is 2.46. The monoisotopic (exact) mass is 279 g/mol. The van der Waals surface area contributed by atoms with Crippen molar-refractivity contribution in [3.8, 4) is 0 Å². The Kier molecular flexibility index (Phi) is 3.66. The van der Waals surface area contributed by atoms with Crippen molar-refractivity contribution in [3.05, 3.63) is 34.3 Å². The average molecular weight is 279 g/mol. The van der Waals surface area contributed by atoms with Crippen LogP contribution in [0.2, 0.25) is 0 Å². The fourth-order valence-electron chi connectivity index (χ4n) is 1.61. The lowest BCUT2D eigenvalue weighted by molar-refractivity contribution is -0.119. The van der Waals surface area contributed by atoms with Gasteiger partial charge in [-0.1, -0.05) is 0 Å². The van der Waals surface area contributed by atoms with Crippen LogP contribution in [0.15, 0.2) is 23.8 Å². The zero-order valence-electron chi connectivity index (χ0n) is 10.5. The quantitative estimate of drug-likeness (QED) is 0.898. The molecule has 0 fully saturated rings. The van der Waals surface area contributed by atoms with E-state index in [1.54, 1.807) is 37.7 Å². The second kappa shape index (κ2) is 5.23.